The maximum atomic E-state index is 12.6. The van der Waals surface area contributed by atoms with Gasteiger partial charge in [0.25, 0.3) is 16.8 Å². The van der Waals surface area contributed by atoms with Gasteiger partial charge in [-0.3, -0.25) is 24.6 Å². The van der Waals surface area contributed by atoms with E-state index in [1.807, 2.05) is 0 Å². The zero-order chi connectivity index (χ0) is 20.1. The number of benzene rings is 2. The lowest BCUT2D eigenvalue weighted by molar-refractivity contribution is -0.384. The van der Waals surface area contributed by atoms with Crippen LogP contribution in [0.15, 0.2) is 66.1 Å². The highest BCUT2D eigenvalue weighted by Gasteiger charge is 2.35. The molecule has 1 aliphatic heterocycles. The average molecular weight is 396 g/mol. The molecule has 1 aliphatic rings. The number of nitro groups is 1. The minimum absolute atomic E-state index is 0.0159. The maximum Gasteiger partial charge on any atom is 0.293 e. The summed E-state index contributed by atoms with van der Waals surface area (Å²) in [6.07, 6.45) is 3.28. The predicted molar refractivity (Wildman–Crippen MR) is 107 cm³/mol. The Labute approximate surface area is 165 Å². The Hall–Kier alpha value is -3.39. The number of carbonyl (C=O) groups is 2. The molecule has 0 bridgehead atoms. The van der Waals surface area contributed by atoms with E-state index in [9.17, 15) is 19.7 Å². The van der Waals surface area contributed by atoms with E-state index in [2.05, 4.69) is 6.58 Å². The van der Waals surface area contributed by atoms with Crippen LogP contribution in [-0.4, -0.2) is 27.6 Å². The molecule has 8 heteroatoms. The van der Waals surface area contributed by atoms with Crippen LogP contribution >= 0.6 is 11.8 Å². The molecule has 3 rings (SSSR count). The third-order valence-electron chi connectivity index (χ3n) is 3.88. The first-order chi connectivity index (χ1) is 13.5. The number of hydrogen-bond donors (Lipinski definition) is 0. The van der Waals surface area contributed by atoms with Gasteiger partial charge in [-0.2, -0.15) is 0 Å². The Balaban J connectivity index is 1.74. The molecule has 0 saturated carbocycles. The summed E-state index contributed by atoms with van der Waals surface area (Å²) in [7, 11) is 0. The van der Waals surface area contributed by atoms with E-state index in [4.69, 9.17) is 4.74 Å². The first-order valence-corrected chi connectivity index (χ1v) is 9.12. The third kappa shape index (κ3) is 4.47. The quantitative estimate of drug-likeness (QED) is 0.298. The van der Waals surface area contributed by atoms with Crippen molar-refractivity contribution >= 4 is 34.7 Å². The monoisotopic (exact) mass is 396 g/mol. The van der Waals surface area contributed by atoms with E-state index < -0.39 is 16.1 Å². The fraction of sp³-hybridized carbons (Fsp3) is 0.100. The van der Waals surface area contributed by atoms with Crippen LogP contribution in [0.25, 0.3) is 6.08 Å². The smallest absolute Gasteiger partial charge is 0.293 e. The molecule has 0 aromatic heterocycles. The number of non-ortho nitro benzene ring substituents is 1. The summed E-state index contributed by atoms with van der Waals surface area (Å²) in [6.45, 7) is 3.97. The van der Waals surface area contributed by atoms with Crippen molar-refractivity contribution in [2.45, 2.75) is 6.54 Å². The summed E-state index contributed by atoms with van der Waals surface area (Å²) in [4.78, 5) is 36.6. The lowest BCUT2D eigenvalue weighted by Crippen LogP contribution is -2.27. The van der Waals surface area contributed by atoms with Crippen molar-refractivity contribution in [3.8, 4) is 5.75 Å². The standard InChI is InChI=1S/C20H16N2O5S/c1-2-10-27-17-8-6-14(7-9-17)12-18-19(23)21(20(24)28-18)13-15-4-3-5-16(11-15)22(25)26/h2-9,11-12H,1,10,13H2/b18-12+. The van der Waals surface area contributed by atoms with Gasteiger partial charge >= 0.3 is 0 Å². The molecule has 1 heterocycles. The molecule has 0 unspecified atom stereocenters. The Kier molecular flexibility index (Phi) is 5.90. The van der Waals surface area contributed by atoms with Crippen molar-refractivity contribution in [2.24, 2.45) is 0 Å². The lowest BCUT2D eigenvalue weighted by Gasteiger charge is -2.12. The van der Waals surface area contributed by atoms with Crippen LogP contribution in [-0.2, 0) is 11.3 Å². The Morgan fingerprint density at radius 2 is 1.93 bits per heavy atom. The largest absolute Gasteiger partial charge is 0.490 e. The van der Waals surface area contributed by atoms with Crippen molar-refractivity contribution < 1.29 is 19.2 Å². The van der Waals surface area contributed by atoms with Crippen molar-refractivity contribution in [1.29, 1.82) is 0 Å². The second-order valence-electron chi connectivity index (χ2n) is 5.86. The first kappa shape index (κ1) is 19.4. The van der Waals surface area contributed by atoms with Gasteiger partial charge in [0.15, 0.2) is 0 Å². The zero-order valence-electron chi connectivity index (χ0n) is 14.7. The number of thioether (sulfide) groups is 1. The Morgan fingerprint density at radius 3 is 2.61 bits per heavy atom. The molecule has 0 spiro atoms. The lowest BCUT2D eigenvalue weighted by atomic mass is 10.2. The van der Waals surface area contributed by atoms with Gasteiger partial charge in [-0.05, 0) is 41.1 Å². The minimum atomic E-state index is -0.514. The molecule has 28 heavy (non-hydrogen) atoms. The molecule has 2 aromatic rings. The van der Waals surface area contributed by atoms with Gasteiger partial charge in [-0.25, -0.2) is 0 Å². The van der Waals surface area contributed by atoms with Crippen molar-refractivity contribution in [2.75, 3.05) is 6.61 Å². The van der Waals surface area contributed by atoms with Gasteiger partial charge in [0.2, 0.25) is 0 Å². The molecule has 0 N–H and O–H groups in total. The van der Waals surface area contributed by atoms with Gasteiger partial charge < -0.3 is 4.74 Å². The number of rotatable bonds is 7. The summed E-state index contributed by atoms with van der Waals surface area (Å²) in [5, 5.41) is 10.5. The van der Waals surface area contributed by atoms with Crippen LogP contribution in [0.3, 0.4) is 0 Å². The molecule has 0 radical (unpaired) electrons. The zero-order valence-corrected chi connectivity index (χ0v) is 15.6. The van der Waals surface area contributed by atoms with Crippen LogP contribution in [0, 0.1) is 10.1 Å². The molecule has 0 atom stereocenters. The highest BCUT2D eigenvalue weighted by atomic mass is 32.2. The second-order valence-corrected chi connectivity index (χ2v) is 6.86. The fourth-order valence-corrected chi connectivity index (χ4v) is 3.39. The molecule has 142 valence electrons. The van der Waals surface area contributed by atoms with Crippen LogP contribution in [0.4, 0.5) is 10.5 Å². The summed E-state index contributed by atoms with van der Waals surface area (Å²) in [5.74, 6) is 0.254. The van der Waals surface area contributed by atoms with Crippen molar-refractivity contribution in [1.82, 2.24) is 4.90 Å². The number of carbonyl (C=O) groups excluding carboxylic acids is 2. The summed E-state index contributed by atoms with van der Waals surface area (Å²) < 4.78 is 5.41. The van der Waals surface area contributed by atoms with Gasteiger partial charge in [0.1, 0.15) is 12.4 Å². The van der Waals surface area contributed by atoms with E-state index in [-0.39, 0.29) is 12.2 Å². The fourth-order valence-electron chi connectivity index (χ4n) is 2.55. The van der Waals surface area contributed by atoms with Crippen LogP contribution in [0.2, 0.25) is 0 Å². The predicted octanol–water partition coefficient (Wildman–Crippen LogP) is 4.40. The SMILES string of the molecule is C=CCOc1ccc(/C=C2/SC(=O)N(Cc3cccc([N+](=O)[O-])c3)C2=O)cc1. The molecule has 0 aliphatic carbocycles. The van der Waals surface area contributed by atoms with E-state index >= 15 is 0 Å². The number of ether oxygens (including phenoxy) is 1. The second kappa shape index (κ2) is 8.53. The number of nitro benzene ring substituents is 1. The van der Waals surface area contributed by atoms with E-state index in [0.29, 0.717) is 22.8 Å². The molecule has 7 nitrogen and oxygen atoms in total. The van der Waals surface area contributed by atoms with E-state index in [1.165, 1.54) is 18.2 Å². The van der Waals surface area contributed by atoms with E-state index in [1.54, 1.807) is 42.5 Å². The summed E-state index contributed by atoms with van der Waals surface area (Å²) in [6, 6.07) is 13.0. The van der Waals surface area contributed by atoms with Crippen molar-refractivity contribution in [3.05, 3.63) is 87.3 Å². The Bertz CT molecular complexity index is 969. The van der Waals surface area contributed by atoms with Gasteiger partial charge in [-0.15, -0.1) is 0 Å². The maximum absolute atomic E-state index is 12.6. The van der Waals surface area contributed by atoms with Crippen LogP contribution in [0.1, 0.15) is 11.1 Å². The molecule has 2 aromatic carbocycles. The van der Waals surface area contributed by atoms with Crippen LogP contribution < -0.4 is 4.74 Å². The Morgan fingerprint density at radius 1 is 1.18 bits per heavy atom. The molecular weight excluding hydrogens is 380 g/mol. The molecule has 1 fully saturated rings. The number of imide groups is 1. The molecule has 2 amide bonds. The highest BCUT2D eigenvalue weighted by Crippen LogP contribution is 2.33. The summed E-state index contributed by atoms with van der Waals surface area (Å²) >= 11 is 0.845. The van der Waals surface area contributed by atoms with Gasteiger partial charge in [0, 0.05) is 12.1 Å². The number of nitrogens with zero attached hydrogens (tertiary/aromatic N) is 2. The van der Waals surface area contributed by atoms with Gasteiger partial charge in [0.05, 0.1) is 16.4 Å². The topological polar surface area (TPSA) is 89.8 Å². The normalized spacial score (nSPS) is 15.1. The average Bonchev–Trinajstić information content (AvgIpc) is 2.95. The van der Waals surface area contributed by atoms with E-state index in [0.717, 1.165) is 22.2 Å². The van der Waals surface area contributed by atoms with Gasteiger partial charge in [-0.1, -0.05) is 36.9 Å². The highest BCUT2D eigenvalue weighted by molar-refractivity contribution is 8.18. The number of amides is 2. The first-order valence-electron chi connectivity index (χ1n) is 8.30. The third-order valence-corrected chi connectivity index (χ3v) is 4.79. The number of hydrogen-bond acceptors (Lipinski definition) is 6. The molecular formula is C20H16N2O5S. The van der Waals surface area contributed by atoms with Crippen LogP contribution in [0.5, 0.6) is 5.75 Å². The minimum Gasteiger partial charge on any atom is -0.490 e. The van der Waals surface area contributed by atoms with Crippen molar-refractivity contribution in [3.63, 3.8) is 0 Å². The summed E-state index contributed by atoms with van der Waals surface area (Å²) in [5.41, 5.74) is 1.19. The molecule has 1 saturated heterocycles.